The van der Waals surface area contributed by atoms with Crippen molar-refractivity contribution < 1.29 is 19.4 Å². The van der Waals surface area contributed by atoms with Crippen molar-refractivity contribution in [1.29, 1.82) is 0 Å². The van der Waals surface area contributed by atoms with Gasteiger partial charge < -0.3 is 14.6 Å². The molecule has 2 atom stereocenters. The molecule has 0 spiro atoms. The van der Waals surface area contributed by atoms with Crippen molar-refractivity contribution in [3.8, 4) is 0 Å². The highest BCUT2D eigenvalue weighted by Crippen LogP contribution is 2.20. The van der Waals surface area contributed by atoms with Crippen LogP contribution in [0.15, 0.2) is 17.5 Å². The highest BCUT2D eigenvalue weighted by atomic mass is 32.1. The van der Waals surface area contributed by atoms with Gasteiger partial charge >= 0.3 is 5.97 Å². The van der Waals surface area contributed by atoms with Gasteiger partial charge in [-0.2, -0.15) is 0 Å². The first-order valence-electron chi connectivity index (χ1n) is 5.74. The predicted octanol–water partition coefficient (Wildman–Crippen LogP) is 1.94. The van der Waals surface area contributed by atoms with Crippen molar-refractivity contribution in [2.75, 3.05) is 13.2 Å². The molecule has 4 nitrogen and oxygen atoms in total. The van der Waals surface area contributed by atoms with E-state index in [9.17, 15) is 4.79 Å². The average Bonchev–Trinajstić information content (AvgIpc) is 2.96. The van der Waals surface area contributed by atoms with E-state index in [2.05, 4.69) is 6.07 Å². The maximum Gasteiger partial charge on any atom is 0.332 e. The number of hydrogen-bond donors (Lipinski definition) is 1. The van der Waals surface area contributed by atoms with Crippen molar-refractivity contribution in [2.24, 2.45) is 0 Å². The summed E-state index contributed by atoms with van der Waals surface area (Å²) in [4.78, 5) is 12.0. The van der Waals surface area contributed by atoms with E-state index in [1.165, 1.54) is 4.88 Å². The van der Waals surface area contributed by atoms with E-state index in [4.69, 9.17) is 14.6 Å². The first-order valence-corrected chi connectivity index (χ1v) is 6.62. The summed E-state index contributed by atoms with van der Waals surface area (Å²) in [7, 11) is 0. The summed E-state index contributed by atoms with van der Waals surface area (Å²) < 4.78 is 10.8. The van der Waals surface area contributed by atoms with Crippen LogP contribution in [-0.2, 0) is 20.7 Å². The molecule has 0 radical (unpaired) electrons. The lowest BCUT2D eigenvalue weighted by Crippen LogP contribution is -2.23. The van der Waals surface area contributed by atoms with Crippen molar-refractivity contribution in [2.45, 2.75) is 31.5 Å². The van der Waals surface area contributed by atoms with Gasteiger partial charge in [-0.05, 0) is 24.3 Å². The van der Waals surface area contributed by atoms with Gasteiger partial charge in [0.05, 0.1) is 19.3 Å². The Bertz CT molecular complexity index is 349. The molecule has 0 bridgehead atoms. The molecule has 0 aromatic carbocycles. The zero-order valence-electron chi connectivity index (χ0n) is 9.50. The van der Waals surface area contributed by atoms with Crippen molar-refractivity contribution in [3.63, 3.8) is 0 Å². The summed E-state index contributed by atoms with van der Waals surface area (Å²) >= 11 is 1.72. The largest absolute Gasteiger partial charge is 0.479 e. The van der Waals surface area contributed by atoms with Crippen LogP contribution in [0.25, 0.3) is 0 Å². The number of aliphatic carboxylic acids is 1. The van der Waals surface area contributed by atoms with Crippen molar-refractivity contribution in [1.82, 2.24) is 0 Å². The van der Waals surface area contributed by atoms with Crippen LogP contribution in [0.2, 0.25) is 0 Å². The Balaban J connectivity index is 1.59. The maximum absolute atomic E-state index is 10.7. The molecule has 1 aromatic rings. The summed E-state index contributed by atoms with van der Waals surface area (Å²) in [6, 6.07) is 4.11. The molecule has 1 N–H and O–H groups in total. The van der Waals surface area contributed by atoms with Crippen LogP contribution in [0.5, 0.6) is 0 Å². The molecular weight excluding hydrogens is 240 g/mol. The third-order valence-electron chi connectivity index (χ3n) is 2.76. The van der Waals surface area contributed by atoms with Gasteiger partial charge in [0.15, 0.2) is 6.10 Å². The Morgan fingerprint density at radius 2 is 2.47 bits per heavy atom. The Kier molecular flexibility index (Phi) is 4.53. The first kappa shape index (κ1) is 12.5. The number of carboxylic acids is 1. The van der Waals surface area contributed by atoms with Gasteiger partial charge in [0, 0.05) is 11.3 Å². The second-order valence-corrected chi connectivity index (χ2v) is 5.10. The fourth-order valence-electron chi connectivity index (χ4n) is 1.85. The number of rotatable bonds is 6. The SMILES string of the molecule is O=C(O)C1CCC(COCCc2cccs2)O1. The number of ether oxygens (including phenoxy) is 2. The molecule has 2 rings (SSSR count). The Hall–Kier alpha value is -0.910. The Morgan fingerprint density at radius 3 is 3.12 bits per heavy atom. The smallest absolute Gasteiger partial charge is 0.332 e. The molecule has 5 heteroatoms. The van der Waals surface area contributed by atoms with E-state index in [-0.39, 0.29) is 6.10 Å². The number of carbonyl (C=O) groups is 1. The quantitative estimate of drug-likeness (QED) is 0.790. The molecule has 0 aliphatic carbocycles. The zero-order valence-corrected chi connectivity index (χ0v) is 10.3. The molecule has 1 aliphatic rings. The van der Waals surface area contributed by atoms with E-state index in [0.29, 0.717) is 19.6 Å². The normalized spacial score (nSPS) is 24.0. The van der Waals surface area contributed by atoms with Crippen LogP contribution in [-0.4, -0.2) is 36.5 Å². The van der Waals surface area contributed by atoms with Gasteiger partial charge in [0.2, 0.25) is 0 Å². The van der Waals surface area contributed by atoms with Gasteiger partial charge in [-0.15, -0.1) is 11.3 Å². The second-order valence-electron chi connectivity index (χ2n) is 4.07. The zero-order chi connectivity index (χ0) is 12.1. The fourth-order valence-corrected chi connectivity index (χ4v) is 2.54. The molecule has 0 saturated carbocycles. The first-order chi connectivity index (χ1) is 8.25. The van der Waals surface area contributed by atoms with E-state index < -0.39 is 12.1 Å². The summed E-state index contributed by atoms with van der Waals surface area (Å²) in [6.07, 6.45) is 1.58. The summed E-state index contributed by atoms with van der Waals surface area (Å²) in [5.41, 5.74) is 0. The highest BCUT2D eigenvalue weighted by molar-refractivity contribution is 7.09. The van der Waals surface area contributed by atoms with Crippen LogP contribution in [0, 0.1) is 0 Å². The Morgan fingerprint density at radius 1 is 1.59 bits per heavy atom. The van der Waals surface area contributed by atoms with Crippen LogP contribution >= 0.6 is 11.3 Å². The maximum atomic E-state index is 10.7. The van der Waals surface area contributed by atoms with E-state index in [1.54, 1.807) is 11.3 Å². The molecule has 1 fully saturated rings. The van der Waals surface area contributed by atoms with Crippen LogP contribution < -0.4 is 0 Å². The number of carboxylic acid groups (broad SMARTS) is 1. The number of hydrogen-bond acceptors (Lipinski definition) is 4. The molecule has 1 aliphatic heterocycles. The Labute approximate surface area is 104 Å². The molecule has 1 aromatic heterocycles. The van der Waals surface area contributed by atoms with Gasteiger partial charge in [-0.3, -0.25) is 0 Å². The molecule has 1 saturated heterocycles. The van der Waals surface area contributed by atoms with Gasteiger partial charge in [-0.25, -0.2) is 4.79 Å². The van der Waals surface area contributed by atoms with Crippen molar-refractivity contribution >= 4 is 17.3 Å². The lowest BCUT2D eigenvalue weighted by Gasteiger charge is -2.11. The van der Waals surface area contributed by atoms with Crippen molar-refractivity contribution in [3.05, 3.63) is 22.4 Å². The van der Waals surface area contributed by atoms with Gasteiger partial charge in [-0.1, -0.05) is 6.07 Å². The molecule has 2 heterocycles. The lowest BCUT2D eigenvalue weighted by molar-refractivity contribution is -0.150. The van der Waals surface area contributed by atoms with Crippen LogP contribution in [0.3, 0.4) is 0 Å². The molecule has 94 valence electrons. The van der Waals surface area contributed by atoms with E-state index in [0.717, 1.165) is 12.8 Å². The molecule has 0 amide bonds. The standard InChI is InChI=1S/C12H16O4S/c13-12(14)11-4-3-9(16-11)8-15-6-5-10-2-1-7-17-10/h1-2,7,9,11H,3-6,8H2,(H,13,14). The number of thiophene rings is 1. The fraction of sp³-hybridized carbons (Fsp3) is 0.583. The summed E-state index contributed by atoms with van der Waals surface area (Å²) in [6.45, 7) is 1.16. The second kappa shape index (κ2) is 6.14. The van der Waals surface area contributed by atoms with E-state index >= 15 is 0 Å². The van der Waals surface area contributed by atoms with Gasteiger partial charge in [0.25, 0.3) is 0 Å². The molecule has 17 heavy (non-hydrogen) atoms. The molecular formula is C12H16O4S. The van der Waals surface area contributed by atoms with Gasteiger partial charge in [0.1, 0.15) is 0 Å². The molecule has 2 unspecified atom stereocenters. The van der Waals surface area contributed by atoms with E-state index in [1.807, 2.05) is 11.4 Å². The predicted molar refractivity (Wildman–Crippen MR) is 64.4 cm³/mol. The minimum Gasteiger partial charge on any atom is -0.479 e. The lowest BCUT2D eigenvalue weighted by atomic mass is 10.2. The van der Waals surface area contributed by atoms with Crippen LogP contribution in [0.1, 0.15) is 17.7 Å². The third-order valence-corrected chi connectivity index (χ3v) is 3.70. The summed E-state index contributed by atoms with van der Waals surface area (Å²) in [5.74, 6) is -0.869. The minimum absolute atomic E-state index is 0.0561. The van der Waals surface area contributed by atoms with Crippen LogP contribution in [0.4, 0.5) is 0 Å². The minimum atomic E-state index is -0.869. The summed E-state index contributed by atoms with van der Waals surface area (Å²) in [5, 5.41) is 10.8. The topological polar surface area (TPSA) is 55.8 Å². The monoisotopic (exact) mass is 256 g/mol. The third kappa shape index (κ3) is 3.80. The highest BCUT2D eigenvalue weighted by Gasteiger charge is 2.30. The average molecular weight is 256 g/mol.